The van der Waals surface area contributed by atoms with E-state index in [1.165, 1.54) is 11.9 Å². The average Bonchev–Trinajstić information content (AvgIpc) is 1.91. The molecule has 2 nitrogen and oxygen atoms in total. The molecule has 3 heteroatoms. The highest BCUT2D eigenvalue weighted by Crippen LogP contribution is 2.16. The van der Waals surface area contributed by atoms with E-state index in [1.54, 1.807) is 0 Å². The lowest BCUT2D eigenvalue weighted by molar-refractivity contribution is -0.304. The Hall–Kier alpha value is -0.310. The Kier molecular flexibility index (Phi) is 1.15. The van der Waals surface area contributed by atoms with Crippen LogP contribution in [0.3, 0.4) is 0 Å². The summed E-state index contributed by atoms with van der Waals surface area (Å²) in [7, 11) is 0. The molecule has 0 aromatic rings. The zero-order valence-corrected chi connectivity index (χ0v) is 4.86. The van der Waals surface area contributed by atoms with E-state index in [9.17, 15) is 4.91 Å². The first-order chi connectivity index (χ1) is 3.30. The Morgan fingerprint density at radius 2 is 2.71 bits per heavy atom. The van der Waals surface area contributed by atoms with E-state index in [0.717, 1.165) is 15.6 Å². The molecule has 1 rings (SSSR count). The van der Waals surface area contributed by atoms with Gasteiger partial charge in [-0.15, -0.1) is 0 Å². The third-order valence-corrected chi connectivity index (χ3v) is 1.70. The van der Waals surface area contributed by atoms with Gasteiger partial charge in [0.15, 0.2) is 0 Å². The molecule has 38 valence electrons. The lowest BCUT2D eigenvalue weighted by Crippen LogP contribution is -1.84. The SMILES string of the molecule is CC1=CCS[N+]1=O. The van der Waals surface area contributed by atoms with E-state index in [1.807, 2.05) is 13.0 Å². The highest BCUT2D eigenvalue weighted by atomic mass is 32.2. The highest BCUT2D eigenvalue weighted by molar-refractivity contribution is 7.93. The minimum absolute atomic E-state index is 0.824. The minimum Gasteiger partial charge on any atom is 0.00490 e. The second kappa shape index (κ2) is 1.66. The minimum atomic E-state index is 0.824. The summed E-state index contributed by atoms with van der Waals surface area (Å²) >= 11 is 1.29. The highest BCUT2D eigenvalue weighted by Gasteiger charge is 2.20. The molecule has 0 saturated carbocycles. The molecule has 0 aliphatic carbocycles. The van der Waals surface area contributed by atoms with Crippen LogP contribution in [-0.2, 0) is 0 Å². The van der Waals surface area contributed by atoms with Crippen LogP contribution in [0.15, 0.2) is 11.8 Å². The van der Waals surface area contributed by atoms with Crippen LogP contribution in [0.25, 0.3) is 0 Å². The molecule has 0 unspecified atom stereocenters. The Morgan fingerprint density at radius 1 is 2.00 bits per heavy atom. The Balaban J connectivity index is 2.72. The summed E-state index contributed by atoms with van der Waals surface area (Å²) in [6, 6.07) is 0. The summed E-state index contributed by atoms with van der Waals surface area (Å²) < 4.78 is 0.931. The van der Waals surface area contributed by atoms with Crippen molar-refractivity contribution in [2.45, 2.75) is 6.92 Å². The van der Waals surface area contributed by atoms with E-state index >= 15 is 0 Å². The third kappa shape index (κ3) is 0.825. The first kappa shape index (κ1) is 4.84. The molecular formula is C4H6NOS+. The molecule has 1 heterocycles. The molecule has 0 aromatic carbocycles. The molecule has 7 heavy (non-hydrogen) atoms. The van der Waals surface area contributed by atoms with Gasteiger partial charge in [0.2, 0.25) is 17.6 Å². The number of allylic oxidation sites excluding steroid dienone is 1. The molecule has 0 atom stereocenters. The Labute approximate surface area is 46.3 Å². The van der Waals surface area contributed by atoms with Crippen LogP contribution in [0.5, 0.6) is 0 Å². The second-order valence-electron chi connectivity index (χ2n) is 1.40. The predicted octanol–water partition coefficient (Wildman–Crippen LogP) is 1.33. The quantitative estimate of drug-likeness (QED) is 0.351. The maximum atomic E-state index is 10.4. The molecule has 0 saturated heterocycles. The molecule has 0 amide bonds. The van der Waals surface area contributed by atoms with Gasteiger partial charge < -0.3 is 0 Å². The van der Waals surface area contributed by atoms with Gasteiger partial charge in [-0.05, 0) is 0 Å². The normalized spacial score (nSPS) is 20.1. The van der Waals surface area contributed by atoms with Crippen LogP contribution in [0.2, 0.25) is 0 Å². The maximum Gasteiger partial charge on any atom is 0.243 e. The van der Waals surface area contributed by atoms with E-state index in [4.69, 9.17) is 0 Å². The summed E-state index contributed by atoms with van der Waals surface area (Å²) in [5, 5.41) is 0. The average molecular weight is 116 g/mol. The summed E-state index contributed by atoms with van der Waals surface area (Å²) in [4.78, 5) is 10.4. The van der Waals surface area contributed by atoms with Gasteiger partial charge in [-0.3, -0.25) is 0 Å². The number of rotatable bonds is 0. The van der Waals surface area contributed by atoms with Gasteiger partial charge in [-0.25, -0.2) is 0 Å². The molecule has 0 spiro atoms. The lowest BCUT2D eigenvalue weighted by atomic mass is 10.5. The van der Waals surface area contributed by atoms with Crippen molar-refractivity contribution < 1.29 is 4.17 Å². The molecule has 0 fully saturated rings. The smallest absolute Gasteiger partial charge is 0.00490 e. The summed E-state index contributed by atoms with van der Waals surface area (Å²) in [5.41, 5.74) is 0.824. The fraction of sp³-hybridized carbons (Fsp3) is 0.500. The molecule has 1 aliphatic heterocycles. The van der Waals surface area contributed by atoms with Crippen LogP contribution in [-0.4, -0.2) is 9.92 Å². The van der Waals surface area contributed by atoms with Crippen molar-refractivity contribution in [1.82, 2.24) is 0 Å². The monoisotopic (exact) mass is 116 g/mol. The van der Waals surface area contributed by atoms with Crippen molar-refractivity contribution in [2.75, 3.05) is 5.75 Å². The molecule has 0 bridgehead atoms. The predicted molar refractivity (Wildman–Crippen MR) is 29.8 cm³/mol. The van der Waals surface area contributed by atoms with Crippen LogP contribution in [0.4, 0.5) is 0 Å². The van der Waals surface area contributed by atoms with Crippen molar-refractivity contribution in [3.63, 3.8) is 0 Å². The zero-order chi connectivity index (χ0) is 5.28. The zero-order valence-electron chi connectivity index (χ0n) is 4.05. The van der Waals surface area contributed by atoms with Gasteiger partial charge in [0.05, 0.1) is 5.75 Å². The van der Waals surface area contributed by atoms with Gasteiger partial charge in [0.25, 0.3) is 0 Å². The summed E-state index contributed by atoms with van der Waals surface area (Å²) in [6.07, 6.45) is 1.91. The fourth-order valence-corrected chi connectivity index (χ4v) is 1.13. The lowest BCUT2D eigenvalue weighted by Gasteiger charge is -1.69. The number of hydrogen-bond acceptors (Lipinski definition) is 2. The van der Waals surface area contributed by atoms with Crippen molar-refractivity contribution in [3.05, 3.63) is 16.7 Å². The summed E-state index contributed by atoms with van der Waals surface area (Å²) in [5.74, 6) is 0.843. The first-order valence-corrected chi connectivity index (χ1v) is 3.02. The Morgan fingerprint density at radius 3 is 2.86 bits per heavy atom. The summed E-state index contributed by atoms with van der Waals surface area (Å²) in [6.45, 7) is 1.81. The van der Waals surface area contributed by atoms with Crippen molar-refractivity contribution in [1.29, 1.82) is 0 Å². The molecular weight excluding hydrogens is 110 g/mol. The molecule has 0 N–H and O–H groups in total. The second-order valence-corrected chi connectivity index (χ2v) is 2.32. The molecule has 0 aromatic heterocycles. The largest absolute Gasteiger partial charge is 0.243 e. The standard InChI is InChI=1S/C4H6NOS/c1-4-2-3-7-5(4)6/h2H,3H2,1H3/q+1. The van der Waals surface area contributed by atoms with Gasteiger partial charge in [0, 0.05) is 17.9 Å². The van der Waals surface area contributed by atoms with Gasteiger partial charge in [0.1, 0.15) is 4.17 Å². The van der Waals surface area contributed by atoms with Gasteiger partial charge in [-0.1, -0.05) is 0 Å². The van der Waals surface area contributed by atoms with Crippen LogP contribution < -0.4 is 0 Å². The van der Waals surface area contributed by atoms with Gasteiger partial charge >= 0.3 is 0 Å². The van der Waals surface area contributed by atoms with Crippen molar-refractivity contribution in [2.24, 2.45) is 0 Å². The van der Waals surface area contributed by atoms with E-state index in [-0.39, 0.29) is 0 Å². The first-order valence-electron chi connectivity index (χ1n) is 2.07. The van der Waals surface area contributed by atoms with Crippen LogP contribution >= 0.6 is 11.9 Å². The Bertz CT molecular complexity index is 130. The van der Waals surface area contributed by atoms with Gasteiger partial charge in [-0.2, -0.15) is 0 Å². The van der Waals surface area contributed by atoms with Crippen molar-refractivity contribution in [3.8, 4) is 0 Å². The number of nitrogens with zero attached hydrogens (tertiary/aromatic N) is 1. The van der Waals surface area contributed by atoms with Crippen molar-refractivity contribution >= 4 is 11.9 Å². The van der Waals surface area contributed by atoms with E-state index < -0.39 is 0 Å². The van der Waals surface area contributed by atoms with Crippen LogP contribution in [0.1, 0.15) is 6.92 Å². The maximum absolute atomic E-state index is 10.4. The number of hydrogen-bond donors (Lipinski definition) is 0. The third-order valence-electron chi connectivity index (χ3n) is 0.859. The molecule has 1 aliphatic rings. The molecule has 0 radical (unpaired) electrons. The fourth-order valence-electron chi connectivity index (χ4n) is 0.402. The van der Waals surface area contributed by atoms with Crippen LogP contribution in [0, 0.1) is 4.91 Å². The van der Waals surface area contributed by atoms with E-state index in [0.29, 0.717) is 0 Å². The van der Waals surface area contributed by atoms with E-state index in [2.05, 4.69) is 0 Å². The topological polar surface area (TPSA) is 20.1 Å². The number of nitroso groups, excluding NO2 is 1.